The average molecular weight is 177 g/mol. The Morgan fingerprint density at radius 3 is 3.15 bits per heavy atom. The number of ether oxygens (including phenoxy) is 1. The third-order valence-electron chi connectivity index (χ3n) is 2.03. The molecule has 1 heterocycles. The Kier molecular flexibility index (Phi) is 1.93. The number of carbonyl (C=O) groups excluding carboxylic acids is 1. The lowest BCUT2D eigenvalue weighted by Crippen LogP contribution is -2.24. The van der Waals surface area contributed by atoms with Crippen LogP contribution < -0.4 is 10.1 Å². The highest BCUT2D eigenvalue weighted by molar-refractivity contribution is 5.97. The summed E-state index contributed by atoms with van der Waals surface area (Å²) in [5, 5.41) is 2.76. The zero-order valence-electron chi connectivity index (χ0n) is 7.46. The van der Waals surface area contributed by atoms with Crippen LogP contribution in [0, 0.1) is 6.92 Å². The Hall–Kier alpha value is -1.51. The van der Waals surface area contributed by atoms with E-state index in [9.17, 15) is 4.79 Å². The number of hydrogen-bond acceptors (Lipinski definition) is 2. The molecule has 1 N–H and O–H groups in total. The summed E-state index contributed by atoms with van der Waals surface area (Å²) >= 11 is 0. The summed E-state index contributed by atoms with van der Waals surface area (Å²) in [5.74, 6) is 0.641. The predicted octanol–water partition coefficient (Wildman–Crippen LogP) is 1.12. The van der Waals surface area contributed by atoms with Gasteiger partial charge in [0.25, 0.3) is 5.91 Å². The molecular weight excluding hydrogens is 166 g/mol. The molecule has 68 valence electrons. The van der Waals surface area contributed by atoms with E-state index < -0.39 is 0 Å². The van der Waals surface area contributed by atoms with Crippen molar-refractivity contribution in [2.24, 2.45) is 0 Å². The van der Waals surface area contributed by atoms with Crippen LogP contribution in [-0.4, -0.2) is 19.1 Å². The highest BCUT2D eigenvalue weighted by Crippen LogP contribution is 2.21. The number of fused-ring (bicyclic) bond motifs is 1. The van der Waals surface area contributed by atoms with Gasteiger partial charge in [0, 0.05) is 0 Å². The molecule has 1 amide bonds. The highest BCUT2D eigenvalue weighted by atomic mass is 16.5. The molecule has 2 rings (SSSR count). The number of hydrogen-bond donors (Lipinski definition) is 1. The molecule has 0 spiro atoms. The van der Waals surface area contributed by atoms with Crippen LogP contribution >= 0.6 is 0 Å². The van der Waals surface area contributed by atoms with Crippen molar-refractivity contribution >= 4 is 5.91 Å². The lowest BCUT2D eigenvalue weighted by molar-refractivity contribution is 0.0957. The van der Waals surface area contributed by atoms with Crippen LogP contribution in [0.2, 0.25) is 0 Å². The fourth-order valence-electron chi connectivity index (χ4n) is 1.36. The maximum atomic E-state index is 11.4. The number of amides is 1. The summed E-state index contributed by atoms with van der Waals surface area (Å²) < 4.78 is 5.42. The van der Waals surface area contributed by atoms with E-state index in [1.54, 1.807) is 6.07 Å². The van der Waals surface area contributed by atoms with Gasteiger partial charge in [-0.3, -0.25) is 4.79 Å². The summed E-state index contributed by atoms with van der Waals surface area (Å²) in [7, 11) is 0. The van der Waals surface area contributed by atoms with Crippen LogP contribution in [0.1, 0.15) is 15.9 Å². The minimum absolute atomic E-state index is 0.0486. The summed E-state index contributed by atoms with van der Waals surface area (Å²) in [5.41, 5.74) is 1.73. The van der Waals surface area contributed by atoms with Crippen molar-refractivity contribution in [3.63, 3.8) is 0 Å². The first-order valence-corrected chi connectivity index (χ1v) is 4.29. The molecule has 1 aromatic rings. The van der Waals surface area contributed by atoms with E-state index in [1.807, 2.05) is 19.1 Å². The van der Waals surface area contributed by atoms with Crippen molar-refractivity contribution in [1.29, 1.82) is 0 Å². The number of carbonyl (C=O) groups is 1. The molecule has 3 nitrogen and oxygen atoms in total. The van der Waals surface area contributed by atoms with Gasteiger partial charge in [-0.2, -0.15) is 0 Å². The zero-order valence-corrected chi connectivity index (χ0v) is 7.46. The normalized spacial score (nSPS) is 15.3. The van der Waals surface area contributed by atoms with Gasteiger partial charge in [-0.15, -0.1) is 0 Å². The van der Waals surface area contributed by atoms with E-state index in [2.05, 4.69) is 5.32 Å². The standard InChI is InChI=1S/C10H11NO2/c1-7-2-3-8-9(6-7)13-5-4-11-10(8)12/h2-3,6H,4-5H2,1H3,(H,11,12). The minimum Gasteiger partial charge on any atom is -0.491 e. The van der Waals surface area contributed by atoms with Gasteiger partial charge in [-0.25, -0.2) is 0 Å². The third-order valence-corrected chi connectivity index (χ3v) is 2.03. The molecule has 0 radical (unpaired) electrons. The molecule has 1 aromatic carbocycles. The molecule has 0 atom stereocenters. The molecule has 0 unspecified atom stereocenters. The van der Waals surface area contributed by atoms with Crippen LogP contribution in [-0.2, 0) is 0 Å². The first-order valence-electron chi connectivity index (χ1n) is 4.29. The van der Waals surface area contributed by atoms with E-state index in [0.29, 0.717) is 24.5 Å². The van der Waals surface area contributed by atoms with Crippen LogP contribution in [0.3, 0.4) is 0 Å². The summed E-state index contributed by atoms with van der Waals surface area (Å²) in [6, 6.07) is 5.60. The average Bonchev–Trinajstić information content (AvgIpc) is 2.28. The van der Waals surface area contributed by atoms with E-state index in [-0.39, 0.29) is 5.91 Å². The van der Waals surface area contributed by atoms with Crippen LogP contribution in [0.15, 0.2) is 18.2 Å². The lowest BCUT2D eigenvalue weighted by atomic mass is 10.1. The molecule has 0 aromatic heterocycles. The Morgan fingerprint density at radius 2 is 2.31 bits per heavy atom. The predicted molar refractivity (Wildman–Crippen MR) is 49.0 cm³/mol. The van der Waals surface area contributed by atoms with Crippen molar-refractivity contribution in [1.82, 2.24) is 5.32 Å². The Labute approximate surface area is 76.7 Å². The second-order valence-corrected chi connectivity index (χ2v) is 3.10. The van der Waals surface area contributed by atoms with Crippen molar-refractivity contribution < 1.29 is 9.53 Å². The van der Waals surface area contributed by atoms with Gasteiger partial charge in [-0.1, -0.05) is 6.07 Å². The third kappa shape index (κ3) is 1.49. The van der Waals surface area contributed by atoms with Crippen molar-refractivity contribution in [3.8, 4) is 5.75 Å². The number of rotatable bonds is 0. The Morgan fingerprint density at radius 1 is 1.46 bits per heavy atom. The molecule has 1 aliphatic rings. The second-order valence-electron chi connectivity index (χ2n) is 3.10. The Balaban J connectivity index is 2.48. The van der Waals surface area contributed by atoms with Gasteiger partial charge in [0.05, 0.1) is 12.1 Å². The maximum absolute atomic E-state index is 11.4. The smallest absolute Gasteiger partial charge is 0.255 e. The molecule has 0 saturated carbocycles. The van der Waals surface area contributed by atoms with Crippen molar-refractivity contribution in [2.75, 3.05) is 13.2 Å². The second kappa shape index (κ2) is 3.09. The van der Waals surface area contributed by atoms with Crippen LogP contribution in [0.25, 0.3) is 0 Å². The van der Waals surface area contributed by atoms with Crippen molar-refractivity contribution in [3.05, 3.63) is 29.3 Å². The maximum Gasteiger partial charge on any atom is 0.255 e. The first kappa shape index (κ1) is 8.10. The van der Waals surface area contributed by atoms with Gasteiger partial charge >= 0.3 is 0 Å². The fraction of sp³-hybridized carbons (Fsp3) is 0.300. The van der Waals surface area contributed by atoms with E-state index in [0.717, 1.165) is 5.56 Å². The molecular formula is C10H11NO2. The number of aryl methyl sites for hydroxylation is 1. The monoisotopic (exact) mass is 177 g/mol. The molecule has 0 bridgehead atoms. The van der Waals surface area contributed by atoms with E-state index >= 15 is 0 Å². The minimum atomic E-state index is -0.0486. The first-order chi connectivity index (χ1) is 6.27. The Bertz CT molecular complexity index is 347. The molecule has 0 aliphatic carbocycles. The molecule has 0 saturated heterocycles. The number of benzene rings is 1. The summed E-state index contributed by atoms with van der Waals surface area (Å²) in [6.07, 6.45) is 0. The van der Waals surface area contributed by atoms with Gasteiger partial charge in [-0.05, 0) is 24.6 Å². The quantitative estimate of drug-likeness (QED) is 0.644. The molecule has 1 aliphatic heterocycles. The largest absolute Gasteiger partial charge is 0.491 e. The molecule has 3 heteroatoms. The lowest BCUT2D eigenvalue weighted by Gasteiger charge is -2.05. The fourth-order valence-corrected chi connectivity index (χ4v) is 1.36. The number of nitrogens with one attached hydrogen (secondary N) is 1. The summed E-state index contributed by atoms with van der Waals surface area (Å²) in [4.78, 5) is 11.4. The molecule has 0 fully saturated rings. The van der Waals surface area contributed by atoms with Gasteiger partial charge in [0.2, 0.25) is 0 Å². The van der Waals surface area contributed by atoms with Gasteiger partial charge in [0.1, 0.15) is 12.4 Å². The van der Waals surface area contributed by atoms with E-state index in [4.69, 9.17) is 4.74 Å². The summed E-state index contributed by atoms with van der Waals surface area (Å²) in [6.45, 7) is 3.10. The van der Waals surface area contributed by atoms with Gasteiger partial charge in [0.15, 0.2) is 0 Å². The molecule has 13 heavy (non-hydrogen) atoms. The van der Waals surface area contributed by atoms with Crippen LogP contribution in [0.5, 0.6) is 5.75 Å². The SMILES string of the molecule is Cc1ccc2c(c1)OCCNC2=O. The zero-order chi connectivity index (χ0) is 9.26. The van der Waals surface area contributed by atoms with E-state index in [1.165, 1.54) is 0 Å². The van der Waals surface area contributed by atoms with Crippen LogP contribution in [0.4, 0.5) is 0 Å². The topological polar surface area (TPSA) is 38.3 Å². The van der Waals surface area contributed by atoms with Crippen molar-refractivity contribution in [2.45, 2.75) is 6.92 Å². The highest BCUT2D eigenvalue weighted by Gasteiger charge is 2.15. The van der Waals surface area contributed by atoms with Gasteiger partial charge < -0.3 is 10.1 Å².